The highest BCUT2D eigenvalue weighted by Crippen LogP contribution is 2.24. The van der Waals surface area contributed by atoms with Crippen LogP contribution in [0.1, 0.15) is 10.4 Å². The third-order valence-corrected chi connectivity index (χ3v) is 7.10. The number of rotatable bonds is 4. The SMILES string of the molecule is COc1ccc(S(=O)(=O)N2CCN(C(=O)c3ccc(Br)cc3Cl)CC2)cc1. The molecule has 27 heavy (non-hydrogen) atoms. The molecule has 1 fully saturated rings. The molecule has 0 radical (unpaired) electrons. The fraction of sp³-hybridized carbons (Fsp3) is 0.278. The molecule has 0 spiro atoms. The Balaban J connectivity index is 1.69. The topological polar surface area (TPSA) is 66.9 Å². The number of nitrogens with zero attached hydrogens (tertiary/aromatic N) is 2. The van der Waals surface area contributed by atoms with Crippen LogP contribution in [-0.2, 0) is 10.0 Å². The summed E-state index contributed by atoms with van der Waals surface area (Å²) in [6, 6.07) is 11.4. The van der Waals surface area contributed by atoms with E-state index in [1.807, 2.05) is 0 Å². The molecule has 1 amide bonds. The molecule has 2 aromatic rings. The summed E-state index contributed by atoms with van der Waals surface area (Å²) in [5.41, 5.74) is 0.409. The maximum absolute atomic E-state index is 12.8. The van der Waals surface area contributed by atoms with Crippen molar-refractivity contribution in [3.8, 4) is 5.75 Å². The first-order valence-electron chi connectivity index (χ1n) is 8.21. The number of amides is 1. The third-order valence-electron chi connectivity index (χ3n) is 4.38. The molecule has 0 saturated carbocycles. The highest BCUT2D eigenvalue weighted by atomic mass is 79.9. The smallest absolute Gasteiger partial charge is 0.255 e. The maximum Gasteiger partial charge on any atom is 0.255 e. The number of piperazine rings is 1. The molecule has 0 aromatic heterocycles. The van der Waals surface area contributed by atoms with Gasteiger partial charge in [-0.1, -0.05) is 27.5 Å². The molecule has 0 atom stereocenters. The maximum atomic E-state index is 12.8. The van der Waals surface area contributed by atoms with E-state index in [-0.39, 0.29) is 23.9 Å². The molecule has 1 aliphatic rings. The predicted octanol–water partition coefficient (Wildman–Crippen LogP) is 3.26. The molecule has 9 heteroatoms. The lowest BCUT2D eigenvalue weighted by molar-refractivity contribution is 0.0698. The first-order chi connectivity index (χ1) is 12.8. The van der Waals surface area contributed by atoms with Crippen LogP contribution < -0.4 is 4.74 Å². The fourth-order valence-electron chi connectivity index (χ4n) is 2.86. The van der Waals surface area contributed by atoms with E-state index in [0.29, 0.717) is 29.4 Å². The average molecular weight is 474 g/mol. The molecule has 0 N–H and O–H groups in total. The molecule has 1 saturated heterocycles. The van der Waals surface area contributed by atoms with Crippen LogP contribution in [0.2, 0.25) is 5.02 Å². The summed E-state index contributed by atoms with van der Waals surface area (Å²) >= 11 is 9.47. The number of benzene rings is 2. The van der Waals surface area contributed by atoms with Gasteiger partial charge in [0.1, 0.15) is 5.75 Å². The fourth-order valence-corrected chi connectivity index (χ4v) is 5.04. The van der Waals surface area contributed by atoms with Crippen molar-refractivity contribution in [3.05, 3.63) is 57.5 Å². The molecule has 144 valence electrons. The number of carbonyl (C=O) groups excluding carboxylic acids is 1. The zero-order chi connectivity index (χ0) is 19.6. The van der Waals surface area contributed by atoms with Gasteiger partial charge in [-0.15, -0.1) is 0 Å². The summed E-state index contributed by atoms with van der Waals surface area (Å²) in [5.74, 6) is 0.393. The van der Waals surface area contributed by atoms with Gasteiger partial charge in [-0.05, 0) is 42.5 Å². The summed E-state index contributed by atoms with van der Waals surface area (Å²) in [6.45, 7) is 1.07. The number of hydrogen-bond acceptors (Lipinski definition) is 4. The van der Waals surface area contributed by atoms with Crippen molar-refractivity contribution < 1.29 is 17.9 Å². The van der Waals surface area contributed by atoms with Gasteiger partial charge in [-0.3, -0.25) is 4.79 Å². The van der Waals surface area contributed by atoms with Gasteiger partial charge in [0.05, 0.1) is 22.6 Å². The van der Waals surface area contributed by atoms with Crippen molar-refractivity contribution in [2.45, 2.75) is 4.90 Å². The summed E-state index contributed by atoms with van der Waals surface area (Å²) in [6.07, 6.45) is 0. The summed E-state index contributed by atoms with van der Waals surface area (Å²) in [5, 5.41) is 0.364. The Morgan fingerprint density at radius 3 is 2.26 bits per heavy atom. The Morgan fingerprint density at radius 2 is 1.70 bits per heavy atom. The molecule has 1 aliphatic heterocycles. The van der Waals surface area contributed by atoms with E-state index in [1.54, 1.807) is 35.2 Å². The van der Waals surface area contributed by atoms with Crippen molar-refractivity contribution >= 4 is 43.5 Å². The van der Waals surface area contributed by atoms with E-state index < -0.39 is 10.0 Å². The highest BCUT2D eigenvalue weighted by Gasteiger charge is 2.31. The van der Waals surface area contributed by atoms with Gasteiger partial charge < -0.3 is 9.64 Å². The highest BCUT2D eigenvalue weighted by molar-refractivity contribution is 9.10. The van der Waals surface area contributed by atoms with Crippen LogP contribution in [-0.4, -0.2) is 56.8 Å². The molecular weight excluding hydrogens is 456 g/mol. The van der Waals surface area contributed by atoms with E-state index in [4.69, 9.17) is 16.3 Å². The predicted molar refractivity (Wildman–Crippen MR) is 107 cm³/mol. The molecular formula is C18H18BrClN2O4S. The second-order valence-corrected chi connectivity index (χ2v) is 9.26. The molecule has 3 rings (SSSR count). The van der Waals surface area contributed by atoms with Gasteiger partial charge in [0.15, 0.2) is 0 Å². The Kier molecular flexibility index (Phi) is 6.10. The number of hydrogen-bond donors (Lipinski definition) is 0. The van der Waals surface area contributed by atoms with Crippen molar-refractivity contribution in [3.63, 3.8) is 0 Å². The molecule has 0 unspecified atom stereocenters. The molecule has 2 aromatic carbocycles. The largest absolute Gasteiger partial charge is 0.497 e. The first-order valence-corrected chi connectivity index (χ1v) is 10.8. The zero-order valence-corrected chi connectivity index (χ0v) is 17.7. The summed E-state index contributed by atoms with van der Waals surface area (Å²) < 4.78 is 32.8. The Morgan fingerprint density at radius 1 is 1.07 bits per heavy atom. The minimum Gasteiger partial charge on any atom is -0.497 e. The lowest BCUT2D eigenvalue weighted by atomic mass is 10.2. The minimum absolute atomic E-state index is 0.200. The monoisotopic (exact) mass is 472 g/mol. The van der Waals surface area contributed by atoms with E-state index in [0.717, 1.165) is 4.47 Å². The van der Waals surface area contributed by atoms with Gasteiger partial charge in [0, 0.05) is 30.7 Å². The van der Waals surface area contributed by atoms with Crippen LogP contribution in [0.4, 0.5) is 0 Å². The van der Waals surface area contributed by atoms with Gasteiger partial charge in [-0.2, -0.15) is 4.31 Å². The Labute approximate surface area is 171 Å². The van der Waals surface area contributed by atoms with Crippen LogP contribution in [0.15, 0.2) is 51.8 Å². The zero-order valence-electron chi connectivity index (χ0n) is 14.6. The normalized spacial score (nSPS) is 15.6. The number of ether oxygens (including phenoxy) is 1. The molecule has 0 aliphatic carbocycles. The molecule has 0 bridgehead atoms. The molecule has 6 nitrogen and oxygen atoms in total. The van der Waals surface area contributed by atoms with Crippen molar-refractivity contribution in [1.82, 2.24) is 9.21 Å². The van der Waals surface area contributed by atoms with Crippen LogP contribution in [0.5, 0.6) is 5.75 Å². The molecule has 1 heterocycles. The van der Waals surface area contributed by atoms with Crippen molar-refractivity contribution in [1.29, 1.82) is 0 Å². The third kappa shape index (κ3) is 4.29. The van der Waals surface area contributed by atoms with Crippen molar-refractivity contribution in [2.75, 3.05) is 33.3 Å². The van der Waals surface area contributed by atoms with Gasteiger partial charge >= 0.3 is 0 Å². The first kappa shape index (κ1) is 20.1. The number of methoxy groups -OCH3 is 1. The second-order valence-electron chi connectivity index (χ2n) is 6.00. The number of carbonyl (C=O) groups is 1. The average Bonchev–Trinajstić information content (AvgIpc) is 2.67. The van der Waals surface area contributed by atoms with Gasteiger partial charge in [-0.25, -0.2) is 8.42 Å². The number of halogens is 2. The van der Waals surface area contributed by atoms with Crippen LogP contribution in [0, 0.1) is 0 Å². The van der Waals surface area contributed by atoms with Gasteiger partial charge in [0.25, 0.3) is 5.91 Å². The standard InChI is InChI=1S/C18H18BrClN2O4S/c1-26-14-3-5-15(6-4-14)27(24,25)22-10-8-21(9-11-22)18(23)16-7-2-13(19)12-17(16)20/h2-7,12H,8-11H2,1H3. The lowest BCUT2D eigenvalue weighted by Crippen LogP contribution is -2.50. The lowest BCUT2D eigenvalue weighted by Gasteiger charge is -2.34. The Bertz CT molecular complexity index is 942. The number of sulfonamides is 1. The van der Waals surface area contributed by atoms with Crippen LogP contribution >= 0.6 is 27.5 Å². The second kappa shape index (κ2) is 8.18. The summed E-state index contributed by atoms with van der Waals surface area (Å²) in [7, 11) is -2.08. The van der Waals surface area contributed by atoms with Crippen LogP contribution in [0.3, 0.4) is 0 Å². The van der Waals surface area contributed by atoms with E-state index in [2.05, 4.69) is 15.9 Å². The quantitative estimate of drug-likeness (QED) is 0.684. The van der Waals surface area contributed by atoms with E-state index in [1.165, 1.54) is 23.5 Å². The van der Waals surface area contributed by atoms with E-state index in [9.17, 15) is 13.2 Å². The summed E-state index contributed by atoms with van der Waals surface area (Å²) in [4.78, 5) is 14.5. The Hall–Kier alpha value is -1.61. The van der Waals surface area contributed by atoms with E-state index >= 15 is 0 Å². The van der Waals surface area contributed by atoms with Crippen LogP contribution in [0.25, 0.3) is 0 Å². The van der Waals surface area contributed by atoms with Gasteiger partial charge in [0.2, 0.25) is 10.0 Å². The minimum atomic E-state index is -3.61. The van der Waals surface area contributed by atoms with Crippen molar-refractivity contribution in [2.24, 2.45) is 0 Å².